The zero-order valence-electron chi connectivity index (χ0n) is 11.7. The molecule has 0 aliphatic rings. The Labute approximate surface area is 107 Å². The molecule has 1 atom stereocenters. The second-order valence-electron chi connectivity index (χ2n) is 6.28. The van der Waals surface area contributed by atoms with Gasteiger partial charge in [0.1, 0.15) is 0 Å². The van der Waals surface area contributed by atoms with E-state index in [-0.39, 0.29) is 11.0 Å². The monoisotopic (exact) mass is 248 g/mol. The minimum Gasteiger partial charge on any atom is -0.379 e. The number of rotatable bonds is 6. The molecule has 0 aliphatic heterocycles. The molecule has 0 amide bonds. The first-order valence-electron chi connectivity index (χ1n) is 5.99. The van der Waals surface area contributed by atoms with E-state index < -0.39 is 0 Å². The van der Waals surface area contributed by atoms with E-state index in [4.69, 9.17) is 9.47 Å². The molecule has 0 heterocycles. The minimum atomic E-state index is -0.0731. The van der Waals surface area contributed by atoms with Crippen LogP contribution in [0.3, 0.4) is 0 Å². The molecule has 3 heteroatoms. The fourth-order valence-electron chi connectivity index (χ4n) is 1.21. The van der Waals surface area contributed by atoms with Crippen molar-refractivity contribution in [2.75, 3.05) is 25.6 Å². The fraction of sp³-hybridized carbons (Fsp3) is 1.00. The van der Waals surface area contributed by atoms with E-state index in [0.29, 0.717) is 19.1 Å². The van der Waals surface area contributed by atoms with Gasteiger partial charge in [0.15, 0.2) is 0 Å². The van der Waals surface area contributed by atoms with Crippen molar-refractivity contribution < 1.29 is 9.47 Å². The van der Waals surface area contributed by atoms with E-state index in [2.05, 4.69) is 54.2 Å². The lowest BCUT2D eigenvalue weighted by Crippen LogP contribution is -2.28. The average Bonchev–Trinajstić information content (AvgIpc) is 2.07. The summed E-state index contributed by atoms with van der Waals surface area (Å²) < 4.78 is 11.2. The topological polar surface area (TPSA) is 18.5 Å². The van der Waals surface area contributed by atoms with Crippen molar-refractivity contribution in [2.24, 2.45) is 11.3 Å². The van der Waals surface area contributed by atoms with Crippen LogP contribution in [0.1, 0.15) is 41.5 Å². The number of hydrogen-bond acceptors (Lipinski definition) is 3. The average molecular weight is 248 g/mol. The smallest absolute Gasteiger partial charge is 0.0707 e. The summed E-state index contributed by atoms with van der Waals surface area (Å²) in [5, 5.41) is 0. The second kappa shape index (κ2) is 6.87. The molecule has 98 valence electrons. The maximum absolute atomic E-state index is 5.63. The third-order valence-electron chi connectivity index (χ3n) is 2.53. The minimum absolute atomic E-state index is 0.0731. The van der Waals surface area contributed by atoms with Gasteiger partial charge < -0.3 is 9.47 Å². The Morgan fingerprint density at radius 2 is 1.56 bits per heavy atom. The molecule has 0 aromatic heterocycles. The summed E-state index contributed by atoms with van der Waals surface area (Å²) in [6.07, 6.45) is 0. The van der Waals surface area contributed by atoms with E-state index in [0.717, 1.165) is 12.4 Å². The molecular weight excluding hydrogens is 220 g/mol. The summed E-state index contributed by atoms with van der Waals surface area (Å²) in [6, 6.07) is 0. The van der Waals surface area contributed by atoms with Crippen molar-refractivity contribution in [1.82, 2.24) is 0 Å². The number of ether oxygens (including phenoxy) is 2. The fourth-order valence-corrected chi connectivity index (χ4v) is 1.86. The molecule has 1 unspecified atom stereocenters. The SMILES string of the molecule is CC(C)(C)OCCOCC(CS)C(C)(C)C. The summed E-state index contributed by atoms with van der Waals surface area (Å²) in [7, 11) is 0. The van der Waals surface area contributed by atoms with Crippen LogP contribution in [0.25, 0.3) is 0 Å². The molecule has 0 bridgehead atoms. The highest BCUT2D eigenvalue weighted by molar-refractivity contribution is 7.80. The molecule has 0 rings (SSSR count). The Bertz CT molecular complexity index is 179. The molecular formula is C13H28O2S. The van der Waals surface area contributed by atoms with E-state index >= 15 is 0 Å². The third-order valence-corrected chi connectivity index (χ3v) is 2.97. The van der Waals surface area contributed by atoms with Gasteiger partial charge >= 0.3 is 0 Å². The summed E-state index contributed by atoms with van der Waals surface area (Å²) in [5.41, 5.74) is 0.184. The second-order valence-corrected chi connectivity index (χ2v) is 6.65. The van der Waals surface area contributed by atoms with Gasteiger partial charge in [0.25, 0.3) is 0 Å². The largest absolute Gasteiger partial charge is 0.379 e. The van der Waals surface area contributed by atoms with E-state index in [1.54, 1.807) is 0 Å². The van der Waals surface area contributed by atoms with Gasteiger partial charge in [-0.1, -0.05) is 20.8 Å². The molecule has 0 saturated heterocycles. The van der Waals surface area contributed by atoms with Crippen molar-refractivity contribution in [3.63, 3.8) is 0 Å². The van der Waals surface area contributed by atoms with Gasteiger partial charge in [0, 0.05) is 0 Å². The molecule has 0 radical (unpaired) electrons. The Morgan fingerprint density at radius 1 is 1.00 bits per heavy atom. The highest BCUT2D eigenvalue weighted by Gasteiger charge is 2.23. The highest BCUT2D eigenvalue weighted by atomic mass is 32.1. The molecule has 0 spiro atoms. The van der Waals surface area contributed by atoms with Gasteiger partial charge in [-0.15, -0.1) is 0 Å². The van der Waals surface area contributed by atoms with Crippen molar-refractivity contribution in [3.05, 3.63) is 0 Å². The molecule has 0 aliphatic carbocycles. The molecule has 2 nitrogen and oxygen atoms in total. The molecule has 0 fully saturated rings. The van der Waals surface area contributed by atoms with E-state index in [1.165, 1.54) is 0 Å². The lowest BCUT2D eigenvalue weighted by atomic mass is 9.82. The van der Waals surface area contributed by atoms with Crippen LogP contribution in [0.4, 0.5) is 0 Å². The van der Waals surface area contributed by atoms with E-state index in [9.17, 15) is 0 Å². The summed E-state index contributed by atoms with van der Waals surface area (Å²) in [6.45, 7) is 14.9. The first kappa shape index (κ1) is 16.3. The van der Waals surface area contributed by atoms with Crippen LogP contribution in [-0.2, 0) is 9.47 Å². The zero-order valence-corrected chi connectivity index (χ0v) is 12.6. The maximum Gasteiger partial charge on any atom is 0.0707 e. The van der Waals surface area contributed by atoms with Crippen LogP contribution in [0.5, 0.6) is 0 Å². The van der Waals surface area contributed by atoms with Gasteiger partial charge in [-0.05, 0) is 37.9 Å². The van der Waals surface area contributed by atoms with Gasteiger partial charge in [-0.25, -0.2) is 0 Å². The van der Waals surface area contributed by atoms with Gasteiger partial charge in [0.05, 0.1) is 25.4 Å². The first-order valence-corrected chi connectivity index (χ1v) is 6.62. The molecule has 0 N–H and O–H groups in total. The van der Waals surface area contributed by atoms with E-state index in [1.807, 2.05) is 0 Å². The zero-order chi connectivity index (χ0) is 12.8. The quantitative estimate of drug-likeness (QED) is 0.573. The molecule has 0 aromatic carbocycles. The molecule has 0 aromatic rings. The number of hydrogen-bond donors (Lipinski definition) is 1. The van der Waals surface area contributed by atoms with Crippen LogP contribution in [0.2, 0.25) is 0 Å². The van der Waals surface area contributed by atoms with Crippen LogP contribution in [0, 0.1) is 11.3 Å². The van der Waals surface area contributed by atoms with Crippen molar-refractivity contribution in [2.45, 2.75) is 47.1 Å². The lowest BCUT2D eigenvalue weighted by molar-refractivity contribution is -0.0431. The summed E-state index contributed by atoms with van der Waals surface area (Å²) in [5.74, 6) is 1.36. The Hall–Kier alpha value is 0.270. The Morgan fingerprint density at radius 3 is 1.94 bits per heavy atom. The maximum atomic E-state index is 5.63. The van der Waals surface area contributed by atoms with Gasteiger partial charge in [-0.3, -0.25) is 0 Å². The number of thiol groups is 1. The van der Waals surface area contributed by atoms with Crippen LogP contribution in [-0.4, -0.2) is 31.2 Å². The Balaban J connectivity index is 3.65. The Kier molecular flexibility index (Phi) is 6.99. The summed E-state index contributed by atoms with van der Waals surface area (Å²) in [4.78, 5) is 0. The standard InChI is InChI=1S/C13H28O2S/c1-12(2,3)11(10-16)9-14-7-8-15-13(4,5)6/h11,16H,7-10H2,1-6H3. The third kappa shape index (κ3) is 8.43. The van der Waals surface area contributed by atoms with Crippen LogP contribution < -0.4 is 0 Å². The molecule has 0 saturated carbocycles. The predicted octanol–water partition coefficient (Wildman–Crippen LogP) is 3.41. The first-order chi connectivity index (χ1) is 7.17. The van der Waals surface area contributed by atoms with Crippen LogP contribution >= 0.6 is 12.6 Å². The lowest BCUT2D eigenvalue weighted by Gasteiger charge is -2.29. The van der Waals surface area contributed by atoms with Crippen molar-refractivity contribution in [1.29, 1.82) is 0 Å². The highest BCUT2D eigenvalue weighted by Crippen LogP contribution is 2.26. The summed E-state index contributed by atoms with van der Waals surface area (Å²) >= 11 is 4.37. The van der Waals surface area contributed by atoms with Gasteiger partial charge in [-0.2, -0.15) is 12.6 Å². The predicted molar refractivity (Wildman–Crippen MR) is 73.3 cm³/mol. The normalized spacial score (nSPS) is 15.2. The molecule has 16 heavy (non-hydrogen) atoms. The van der Waals surface area contributed by atoms with Crippen molar-refractivity contribution >= 4 is 12.6 Å². The van der Waals surface area contributed by atoms with Crippen molar-refractivity contribution in [3.8, 4) is 0 Å². The van der Waals surface area contributed by atoms with Crippen LogP contribution in [0.15, 0.2) is 0 Å². The van der Waals surface area contributed by atoms with Gasteiger partial charge in [0.2, 0.25) is 0 Å².